The Labute approximate surface area is 114 Å². The van der Waals surface area contributed by atoms with E-state index in [0.717, 1.165) is 5.56 Å². The summed E-state index contributed by atoms with van der Waals surface area (Å²) in [6.45, 7) is 1.91. The van der Waals surface area contributed by atoms with E-state index >= 15 is 0 Å². The maximum absolute atomic E-state index is 12.4. The normalized spacial score (nSPS) is 21.1. The fourth-order valence-corrected chi connectivity index (χ4v) is 2.44. The van der Waals surface area contributed by atoms with Crippen molar-refractivity contribution in [3.8, 4) is 0 Å². The molecule has 20 heavy (non-hydrogen) atoms. The first-order valence-electron chi connectivity index (χ1n) is 6.29. The number of nitrogens with zero attached hydrogens (tertiary/aromatic N) is 1. The summed E-state index contributed by atoms with van der Waals surface area (Å²) in [6, 6.07) is 8.68. The summed E-state index contributed by atoms with van der Waals surface area (Å²) in [4.78, 5) is 24.6. The molecule has 2 rings (SSSR count). The molecule has 0 aromatic heterocycles. The van der Waals surface area contributed by atoms with Crippen LogP contribution in [0.3, 0.4) is 0 Å². The zero-order valence-corrected chi connectivity index (χ0v) is 10.9. The van der Waals surface area contributed by atoms with Crippen molar-refractivity contribution in [2.45, 2.75) is 25.6 Å². The van der Waals surface area contributed by atoms with Gasteiger partial charge in [-0.05, 0) is 18.9 Å². The van der Waals surface area contributed by atoms with Crippen LogP contribution in [0.15, 0.2) is 30.3 Å². The van der Waals surface area contributed by atoms with Gasteiger partial charge in [0.25, 0.3) is 0 Å². The molecule has 0 bridgehead atoms. The number of alkyl halides is 3. The third-order valence-corrected chi connectivity index (χ3v) is 3.59. The van der Waals surface area contributed by atoms with Crippen LogP contribution >= 0.6 is 0 Å². The SMILES string of the molecule is CC(c1ccccc1)N1CCC(C(=O)C(F)(F)F)C1=O. The number of benzene rings is 1. The molecule has 0 saturated carbocycles. The minimum Gasteiger partial charge on any atom is -0.335 e. The molecule has 1 aromatic rings. The first-order chi connectivity index (χ1) is 9.32. The quantitative estimate of drug-likeness (QED) is 0.801. The number of ketones is 1. The van der Waals surface area contributed by atoms with E-state index in [1.165, 1.54) is 4.90 Å². The van der Waals surface area contributed by atoms with Gasteiger partial charge in [-0.1, -0.05) is 30.3 Å². The maximum atomic E-state index is 12.4. The number of amides is 1. The van der Waals surface area contributed by atoms with Gasteiger partial charge in [0, 0.05) is 6.54 Å². The molecule has 0 spiro atoms. The van der Waals surface area contributed by atoms with E-state index < -0.39 is 23.8 Å². The topological polar surface area (TPSA) is 37.4 Å². The van der Waals surface area contributed by atoms with E-state index in [9.17, 15) is 22.8 Å². The summed E-state index contributed by atoms with van der Waals surface area (Å²) in [6.07, 6.45) is -5.03. The fraction of sp³-hybridized carbons (Fsp3) is 0.429. The third-order valence-electron chi connectivity index (χ3n) is 3.59. The smallest absolute Gasteiger partial charge is 0.335 e. The van der Waals surface area contributed by atoms with Crippen LogP contribution in [-0.2, 0) is 9.59 Å². The Morgan fingerprint density at radius 2 is 1.90 bits per heavy atom. The van der Waals surface area contributed by atoms with E-state index in [2.05, 4.69) is 0 Å². The number of rotatable bonds is 3. The Hall–Kier alpha value is -1.85. The number of halogens is 3. The van der Waals surface area contributed by atoms with Crippen molar-refractivity contribution < 1.29 is 22.8 Å². The largest absolute Gasteiger partial charge is 0.450 e. The molecule has 1 amide bonds. The van der Waals surface area contributed by atoms with Crippen LogP contribution in [0.25, 0.3) is 0 Å². The van der Waals surface area contributed by atoms with Gasteiger partial charge < -0.3 is 4.90 Å². The molecule has 108 valence electrons. The zero-order valence-electron chi connectivity index (χ0n) is 10.9. The van der Waals surface area contributed by atoms with E-state index in [1.807, 2.05) is 6.07 Å². The number of Topliss-reactive ketones (excluding diaryl/α,β-unsaturated/α-hetero) is 1. The van der Waals surface area contributed by atoms with E-state index in [4.69, 9.17) is 0 Å². The maximum Gasteiger partial charge on any atom is 0.450 e. The van der Waals surface area contributed by atoms with Crippen LogP contribution in [0.4, 0.5) is 13.2 Å². The average Bonchev–Trinajstić information content (AvgIpc) is 2.78. The zero-order chi connectivity index (χ0) is 14.9. The standard InChI is InChI=1S/C14H14F3NO2/c1-9(10-5-3-2-4-6-10)18-8-7-11(13(18)20)12(19)14(15,16)17/h2-6,9,11H,7-8H2,1H3. The Balaban J connectivity index is 2.14. The average molecular weight is 285 g/mol. The summed E-state index contributed by atoms with van der Waals surface area (Å²) in [5.74, 6) is -4.25. The van der Waals surface area contributed by atoms with Gasteiger partial charge in [-0.25, -0.2) is 0 Å². The molecule has 2 unspecified atom stereocenters. The lowest BCUT2D eigenvalue weighted by Crippen LogP contribution is -2.37. The molecular weight excluding hydrogens is 271 g/mol. The molecule has 0 aliphatic carbocycles. The highest BCUT2D eigenvalue weighted by atomic mass is 19.4. The van der Waals surface area contributed by atoms with Gasteiger partial charge in [0.1, 0.15) is 5.92 Å². The van der Waals surface area contributed by atoms with E-state index in [1.54, 1.807) is 31.2 Å². The Kier molecular flexibility index (Phi) is 3.83. The second kappa shape index (κ2) is 5.26. The minimum absolute atomic E-state index is 0.0750. The molecule has 1 aliphatic heterocycles. The molecule has 1 heterocycles. The van der Waals surface area contributed by atoms with E-state index in [-0.39, 0.29) is 19.0 Å². The van der Waals surface area contributed by atoms with Crippen LogP contribution in [-0.4, -0.2) is 29.3 Å². The Bertz CT molecular complexity index is 513. The second-order valence-electron chi connectivity index (χ2n) is 4.82. The summed E-state index contributed by atoms with van der Waals surface area (Å²) in [7, 11) is 0. The van der Waals surface area contributed by atoms with Gasteiger partial charge in [-0.2, -0.15) is 13.2 Å². The summed E-state index contributed by atoms with van der Waals surface area (Å²) in [5.41, 5.74) is 0.834. The van der Waals surface area contributed by atoms with Crippen molar-refractivity contribution in [3.63, 3.8) is 0 Å². The Morgan fingerprint density at radius 3 is 2.45 bits per heavy atom. The van der Waals surface area contributed by atoms with Crippen molar-refractivity contribution >= 4 is 11.7 Å². The number of hydrogen-bond donors (Lipinski definition) is 0. The molecule has 1 aromatic carbocycles. The van der Waals surface area contributed by atoms with Gasteiger partial charge in [0.15, 0.2) is 0 Å². The highest BCUT2D eigenvalue weighted by Gasteiger charge is 2.50. The molecule has 0 N–H and O–H groups in total. The van der Waals surface area contributed by atoms with Crippen LogP contribution < -0.4 is 0 Å². The van der Waals surface area contributed by atoms with Gasteiger partial charge in [0.05, 0.1) is 6.04 Å². The molecule has 1 saturated heterocycles. The lowest BCUT2D eigenvalue weighted by Gasteiger charge is -2.25. The van der Waals surface area contributed by atoms with Gasteiger partial charge >= 0.3 is 6.18 Å². The third kappa shape index (κ3) is 2.69. The molecule has 2 atom stereocenters. The highest BCUT2D eigenvalue weighted by molar-refractivity contribution is 6.05. The minimum atomic E-state index is -4.95. The lowest BCUT2D eigenvalue weighted by molar-refractivity contribution is -0.176. The first-order valence-corrected chi connectivity index (χ1v) is 6.29. The van der Waals surface area contributed by atoms with E-state index in [0.29, 0.717) is 0 Å². The number of hydrogen-bond acceptors (Lipinski definition) is 2. The van der Waals surface area contributed by atoms with Crippen molar-refractivity contribution in [1.82, 2.24) is 4.90 Å². The summed E-state index contributed by atoms with van der Waals surface area (Å²) >= 11 is 0. The predicted octanol–water partition coefficient (Wildman–Crippen LogP) is 2.73. The number of likely N-dealkylation sites (tertiary alicyclic amines) is 1. The lowest BCUT2D eigenvalue weighted by atomic mass is 10.0. The number of carbonyl (C=O) groups is 2. The number of carbonyl (C=O) groups excluding carboxylic acids is 2. The van der Waals surface area contributed by atoms with Gasteiger partial charge in [0.2, 0.25) is 11.7 Å². The predicted molar refractivity (Wildman–Crippen MR) is 65.7 cm³/mol. The van der Waals surface area contributed by atoms with Gasteiger partial charge in [-0.15, -0.1) is 0 Å². The van der Waals surface area contributed by atoms with Crippen molar-refractivity contribution in [3.05, 3.63) is 35.9 Å². The summed E-state index contributed by atoms with van der Waals surface area (Å²) in [5, 5.41) is 0. The second-order valence-corrected chi connectivity index (χ2v) is 4.82. The highest BCUT2D eigenvalue weighted by Crippen LogP contribution is 2.32. The molecule has 6 heteroatoms. The fourth-order valence-electron chi connectivity index (χ4n) is 2.44. The van der Waals surface area contributed by atoms with Crippen LogP contribution in [0.1, 0.15) is 24.9 Å². The van der Waals surface area contributed by atoms with Crippen molar-refractivity contribution in [2.75, 3.05) is 6.54 Å². The van der Waals surface area contributed by atoms with Gasteiger partial charge in [-0.3, -0.25) is 9.59 Å². The van der Waals surface area contributed by atoms with Crippen LogP contribution in [0.2, 0.25) is 0 Å². The monoisotopic (exact) mass is 285 g/mol. The molecular formula is C14H14F3NO2. The molecule has 1 aliphatic rings. The van der Waals surface area contributed by atoms with Crippen LogP contribution in [0.5, 0.6) is 0 Å². The van der Waals surface area contributed by atoms with Crippen molar-refractivity contribution in [2.24, 2.45) is 5.92 Å². The Morgan fingerprint density at radius 1 is 1.30 bits per heavy atom. The van der Waals surface area contributed by atoms with Crippen molar-refractivity contribution in [1.29, 1.82) is 0 Å². The molecule has 0 radical (unpaired) electrons. The molecule has 3 nitrogen and oxygen atoms in total. The molecule has 1 fully saturated rings. The first kappa shape index (κ1) is 14.6. The van der Waals surface area contributed by atoms with Crippen LogP contribution in [0, 0.1) is 5.92 Å². The summed E-state index contributed by atoms with van der Waals surface area (Å²) < 4.78 is 37.2.